The smallest absolute Gasteiger partial charge is 0.326 e. The molecule has 0 bridgehead atoms. The number of esters is 2. The summed E-state index contributed by atoms with van der Waals surface area (Å²) < 4.78 is 21.0. The van der Waals surface area contributed by atoms with Gasteiger partial charge in [-0.15, -0.1) is 0 Å². The van der Waals surface area contributed by atoms with Crippen LogP contribution in [0.15, 0.2) is 0 Å². The Bertz CT molecular complexity index is 542. The van der Waals surface area contributed by atoms with E-state index in [0.717, 1.165) is 0 Å². The summed E-state index contributed by atoms with van der Waals surface area (Å²) in [6, 6.07) is -0.638. The lowest BCUT2D eigenvalue weighted by atomic mass is 10.1. The third kappa shape index (κ3) is 4.22. The molecule has 2 heterocycles. The molecule has 0 aromatic carbocycles. The fourth-order valence-electron chi connectivity index (χ4n) is 2.54. The van der Waals surface area contributed by atoms with Crippen molar-refractivity contribution in [2.75, 3.05) is 13.2 Å². The van der Waals surface area contributed by atoms with E-state index in [-0.39, 0.29) is 19.6 Å². The highest BCUT2D eigenvalue weighted by molar-refractivity contribution is 9.06. The lowest BCUT2D eigenvalue weighted by Gasteiger charge is -2.33. The SMILES string of the molecule is CC(=O)OC[C@H]1O[C@@H](N2CCC(=O)NC2=O)C(OBr)C1OC(C)=O. The molecular weight excluding hydrogens is 392 g/mol. The number of hydrogen-bond donors (Lipinski definition) is 1. The summed E-state index contributed by atoms with van der Waals surface area (Å²) in [5.41, 5.74) is 0. The molecule has 0 spiro atoms. The van der Waals surface area contributed by atoms with Gasteiger partial charge in [-0.2, -0.15) is 0 Å². The van der Waals surface area contributed by atoms with Crippen molar-refractivity contribution >= 4 is 40.1 Å². The van der Waals surface area contributed by atoms with Crippen LogP contribution in [0.2, 0.25) is 0 Å². The van der Waals surface area contributed by atoms with Gasteiger partial charge in [0.05, 0.1) is 16.3 Å². The minimum absolute atomic E-state index is 0.105. The van der Waals surface area contributed by atoms with Gasteiger partial charge in [0.2, 0.25) is 5.91 Å². The third-order valence-electron chi connectivity index (χ3n) is 3.54. The standard InChI is InChI=1S/C13H17BrN2O8/c1-6(17)21-5-8-10(22-7(2)18)11(24-14)12(23-8)16-4-3-9(19)15-13(16)20/h8,10-12H,3-5H2,1-2H3,(H,15,19,20)/t8-,10?,11?,12-/m1/s1. The Morgan fingerprint density at radius 1 is 1.29 bits per heavy atom. The molecule has 0 radical (unpaired) electrons. The van der Waals surface area contributed by atoms with E-state index in [9.17, 15) is 19.2 Å². The molecule has 0 aromatic heterocycles. The summed E-state index contributed by atoms with van der Waals surface area (Å²) in [5.74, 6) is -1.50. The van der Waals surface area contributed by atoms with Crippen LogP contribution in [0.1, 0.15) is 20.3 Å². The number of nitrogens with zero attached hydrogens (tertiary/aromatic N) is 1. The molecule has 2 fully saturated rings. The monoisotopic (exact) mass is 408 g/mol. The zero-order chi connectivity index (χ0) is 17.9. The first-order valence-corrected chi connectivity index (χ1v) is 7.82. The number of rotatable bonds is 5. The number of halogens is 1. The molecule has 0 saturated carbocycles. The second-order valence-electron chi connectivity index (χ2n) is 5.29. The molecule has 1 N–H and O–H groups in total. The molecular formula is C13H17BrN2O8. The van der Waals surface area contributed by atoms with Crippen LogP contribution in [0.4, 0.5) is 4.79 Å². The Balaban J connectivity index is 2.18. The first-order chi connectivity index (χ1) is 11.3. The van der Waals surface area contributed by atoms with Crippen molar-refractivity contribution in [3.05, 3.63) is 0 Å². The highest BCUT2D eigenvalue weighted by Gasteiger charge is 2.52. The van der Waals surface area contributed by atoms with Gasteiger partial charge in [0, 0.05) is 26.8 Å². The van der Waals surface area contributed by atoms with Crippen LogP contribution >= 0.6 is 16.3 Å². The highest BCUT2D eigenvalue weighted by atomic mass is 79.9. The van der Waals surface area contributed by atoms with E-state index >= 15 is 0 Å². The summed E-state index contributed by atoms with van der Waals surface area (Å²) in [7, 11) is 0. The Kier molecular flexibility index (Phi) is 6.13. The maximum absolute atomic E-state index is 12.0. The average Bonchev–Trinajstić information content (AvgIpc) is 2.82. The summed E-state index contributed by atoms with van der Waals surface area (Å²) in [6.45, 7) is 2.39. The van der Waals surface area contributed by atoms with E-state index in [2.05, 4.69) is 21.6 Å². The average molecular weight is 409 g/mol. The van der Waals surface area contributed by atoms with Crippen molar-refractivity contribution in [1.29, 1.82) is 0 Å². The fraction of sp³-hybridized carbons (Fsp3) is 0.692. The van der Waals surface area contributed by atoms with E-state index in [1.54, 1.807) is 0 Å². The Morgan fingerprint density at radius 2 is 2.00 bits per heavy atom. The number of urea groups is 1. The Labute approximate surface area is 146 Å². The second kappa shape index (κ2) is 7.90. The van der Waals surface area contributed by atoms with Crippen molar-refractivity contribution in [2.45, 2.75) is 44.8 Å². The second-order valence-corrected chi connectivity index (χ2v) is 5.67. The number of amides is 3. The van der Waals surface area contributed by atoms with Crippen molar-refractivity contribution in [3.63, 3.8) is 0 Å². The molecule has 3 amide bonds. The number of hydrogen-bond acceptors (Lipinski definition) is 8. The van der Waals surface area contributed by atoms with Crippen molar-refractivity contribution in [2.24, 2.45) is 0 Å². The van der Waals surface area contributed by atoms with Gasteiger partial charge in [0.15, 0.2) is 18.4 Å². The molecule has 134 valence electrons. The first kappa shape index (κ1) is 18.6. The van der Waals surface area contributed by atoms with Crippen LogP contribution < -0.4 is 5.32 Å². The van der Waals surface area contributed by atoms with Crippen LogP contribution in [0, 0.1) is 0 Å². The van der Waals surface area contributed by atoms with Gasteiger partial charge in [-0.05, 0) is 0 Å². The third-order valence-corrected chi connectivity index (χ3v) is 3.97. The molecule has 2 saturated heterocycles. The van der Waals surface area contributed by atoms with Crippen LogP contribution in [0.5, 0.6) is 0 Å². The number of ether oxygens (including phenoxy) is 3. The van der Waals surface area contributed by atoms with Gasteiger partial charge >= 0.3 is 18.0 Å². The first-order valence-electron chi connectivity index (χ1n) is 7.17. The molecule has 4 atom stereocenters. The van der Waals surface area contributed by atoms with E-state index < -0.39 is 48.4 Å². The van der Waals surface area contributed by atoms with Gasteiger partial charge in [0.1, 0.15) is 12.7 Å². The quantitative estimate of drug-likeness (QED) is 0.623. The fourth-order valence-corrected chi connectivity index (χ4v) is 2.94. The van der Waals surface area contributed by atoms with Crippen molar-refractivity contribution in [1.82, 2.24) is 10.2 Å². The normalized spacial score (nSPS) is 30.0. The van der Waals surface area contributed by atoms with Crippen molar-refractivity contribution in [3.8, 4) is 0 Å². The van der Waals surface area contributed by atoms with E-state index in [0.29, 0.717) is 0 Å². The van der Waals surface area contributed by atoms with Gasteiger partial charge in [-0.3, -0.25) is 28.4 Å². The summed E-state index contributed by atoms with van der Waals surface area (Å²) in [6.07, 6.45) is -3.42. The molecule has 2 aliphatic rings. The van der Waals surface area contributed by atoms with Crippen LogP contribution in [0.3, 0.4) is 0 Å². The maximum atomic E-state index is 12.0. The molecule has 24 heavy (non-hydrogen) atoms. The highest BCUT2D eigenvalue weighted by Crippen LogP contribution is 2.31. The van der Waals surface area contributed by atoms with Gasteiger partial charge in [-0.1, -0.05) is 0 Å². The molecule has 2 rings (SSSR count). The zero-order valence-corrected chi connectivity index (χ0v) is 14.6. The predicted molar refractivity (Wildman–Crippen MR) is 79.5 cm³/mol. The minimum Gasteiger partial charge on any atom is -0.463 e. The lowest BCUT2D eigenvalue weighted by molar-refractivity contribution is -0.157. The van der Waals surface area contributed by atoms with Gasteiger partial charge in [-0.25, -0.2) is 4.79 Å². The Hall–Kier alpha value is -1.72. The number of carbonyl (C=O) groups excluding carboxylic acids is 4. The summed E-state index contributed by atoms with van der Waals surface area (Å²) in [5, 5.41) is 2.18. The largest absolute Gasteiger partial charge is 0.463 e. The van der Waals surface area contributed by atoms with Crippen LogP contribution in [-0.2, 0) is 32.4 Å². The topological polar surface area (TPSA) is 120 Å². The molecule has 10 nitrogen and oxygen atoms in total. The molecule has 0 aliphatic carbocycles. The number of nitrogens with one attached hydrogen (secondary N) is 1. The van der Waals surface area contributed by atoms with E-state index in [1.165, 1.54) is 18.7 Å². The zero-order valence-electron chi connectivity index (χ0n) is 13.0. The van der Waals surface area contributed by atoms with E-state index in [1.807, 2.05) is 0 Å². The van der Waals surface area contributed by atoms with Gasteiger partial charge < -0.3 is 14.2 Å². The van der Waals surface area contributed by atoms with Crippen LogP contribution in [-0.4, -0.2) is 66.5 Å². The molecule has 2 aliphatic heterocycles. The summed E-state index contributed by atoms with van der Waals surface area (Å²) in [4.78, 5) is 46.9. The van der Waals surface area contributed by atoms with Crippen LogP contribution in [0.25, 0.3) is 0 Å². The Morgan fingerprint density at radius 3 is 2.54 bits per heavy atom. The number of carbonyl (C=O) groups is 4. The summed E-state index contributed by atoms with van der Waals surface area (Å²) >= 11 is 2.85. The van der Waals surface area contributed by atoms with E-state index in [4.69, 9.17) is 18.0 Å². The minimum atomic E-state index is -0.928. The van der Waals surface area contributed by atoms with Gasteiger partial charge in [0.25, 0.3) is 0 Å². The molecule has 0 aromatic rings. The van der Waals surface area contributed by atoms with Crippen molar-refractivity contribution < 1.29 is 37.2 Å². The number of imide groups is 1. The molecule has 11 heteroatoms. The predicted octanol–water partition coefficient (Wildman–Crippen LogP) is -0.157. The molecule has 2 unspecified atom stereocenters. The lowest BCUT2D eigenvalue weighted by Crippen LogP contribution is -2.56. The maximum Gasteiger partial charge on any atom is 0.326 e.